The van der Waals surface area contributed by atoms with Crippen LogP contribution in [0.25, 0.3) is 0 Å². The first-order valence-corrected chi connectivity index (χ1v) is 8.79. The summed E-state index contributed by atoms with van der Waals surface area (Å²) in [6.45, 7) is 11.4. The van der Waals surface area contributed by atoms with E-state index in [1.54, 1.807) is 0 Å². The van der Waals surface area contributed by atoms with E-state index in [4.69, 9.17) is 0 Å². The molecule has 1 unspecified atom stereocenters. The van der Waals surface area contributed by atoms with E-state index in [0.29, 0.717) is 0 Å². The molecule has 1 N–H and O–H groups in total. The Morgan fingerprint density at radius 1 is 1.19 bits per heavy atom. The molecule has 0 aromatic heterocycles. The molecule has 0 aliphatic carbocycles. The molecule has 2 nitrogen and oxygen atoms in total. The molecule has 0 amide bonds. The quantitative estimate of drug-likeness (QED) is 0.775. The molecule has 0 saturated carbocycles. The lowest BCUT2D eigenvalue weighted by atomic mass is 9.98. The van der Waals surface area contributed by atoms with Gasteiger partial charge in [-0.1, -0.05) is 32.4 Å². The molecule has 21 heavy (non-hydrogen) atoms. The normalized spacial score (nSPS) is 19.6. The fourth-order valence-corrected chi connectivity index (χ4v) is 3.41. The summed E-state index contributed by atoms with van der Waals surface area (Å²) in [5.74, 6) is 0.938. The van der Waals surface area contributed by atoms with Crippen molar-refractivity contribution in [2.75, 3.05) is 24.5 Å². The lowest BCUT2D eigenvalue weighted by molar-refractivity contribution is 0.459. The molecule has 1 aromatic carbocycles. The minimum absolute atomic E-state index is 0.938. The first-order chi connectivity index (χ1) is 10.2. The molecular formula is C19H32N2. The van der Waals surface area contributed by atoms with Gasteiger partial charge in [0.05, 0.1) is 0 Å². The number of nitrogens with zero attached hydrogens (tertiary/aromatic N) is 1. The number of rotatable bonds is 6. The van der Waals surface area contributed by atoms with Gasteiger partial charge in [0.1, 0.15) is 0 Å². The third-order valence-corrected chi connectivity index (χ3v) is 4.78. The Balaban J connectivity index is 1.99. The van der Waals surface area contributed by atoms with Crippen molar-refractivity contribution in [3.05, 3.63) is 29.3 Å². The Labute approximate surface area is 130 Å². The molecule has 0 bridgehead atoms. The summed E-state index contributed by atoms with van der Waals surface area (Å²) in [5, 5.41) is 3.49. The minimum atomic E-state index is 0.938. The van der Waals surface area contributed by atoms with E-state index >= 15 is 0 Å². The maximum Gasteiger partial charge on any atom is 0.0396 e. The van der Waals surface area contributed by atoms with Crippen molar-refractivity contribution >= 4 is 5.69 Å². The maximum absolute atomic E-state index is 3.49. The number of hydrogen-bond donors (Lipinski definition) is 1. The number of nitrogens with one attached hydrogen (secondary N) is 1. The second kappa shape index (κ2) is 8.43. The van der Waals surface area contributed by atoms with Crippen LogP contribution < -0.4 is 10.2 Å². The van der Waals surface area contributed by atoms with E-state index in [0.717, 1.165) is 19.0 Å². The van der Waals surface area contributed by atoms with Crippen molar-refractivity contribution in [1.29, 1.82) is 0 Å². The first kappa shape index (κ1) is 16.4. The van der Waals surface area contributed by atoms with Gasteiger partial charge in [-0.25, -0.2) is 0 Å². The molecule has 1 aromatic rings. The predicted molar refractivity (Wildman–Crippen MR) is 93.0 cm³/mol. The summed E-state index contributed by atoms with van der Waals surface area (Å²) >= 11 is 0. The van der Waals surface area contributed by atoms with Gasteiger partial charge < -0.3 is 10.2 Å². The Morgan fingerprint density at radius 2 is 2.05 bits per heavy atom. The van der Waals surface area contributed by atoms with E-state index in [2.05, 4.69) is 49.2 Å². The Bertz CT molecular complexity index is 428. The van der Waals surface area contributed by atoms with Gasteiger partial charge in [0.2, 0.25) is 0 Å². The number of hydrogen-bond acceptors (Lipinski definition) is 2. The second-order valence-electron chi connectivity index (χ2n) is 6.49. The third kappa shape index (κ3) is 4.74. The van der Waals surface area contributed by atoms with Gasteiger partial charge in [0.25, 0.3) is 0 Å². The maximum atomic E-state index is 3.49. The molecule has 0 radical (unpaired) electrons. The molecule has 2 rings (SSSR count). The van der Waals surface area contributed by atoms with Crippen LogP contribution in [0.15, 0.2) is 18.2 Å². The van der Waals surface area contributed by atoms with Crippen molar-refractivity contribution in [3.63, 3.8) is 0 Å². The van der Waals surface area contributed by atoms with Crippen LogP contribution in [0.1, 0.15) is 57.1 Å². The molecule has 1 aliphatic rings. The third-order valence-electron chi connectivity index (χ3n) is 4.78. The standard InChI is InChI=1S/C19H32N2/c1-4-11-20-15-18-8-9-19(16(3)14-18)21-12-6-7-17(5-2)10-13-21/h8-9,14,17,20H,4-7,10-13,15H2,1-3H3. The highest BCUT2D eigenvalue weighted by Gasteiger charge is 2.17. The molecule has 0 spiro atoms. The van der Waals surface area contributed by atoms with Crippen LogP contribution in [0.5, 0.6) is 0 Å². The average molecular weight is 288 g/mol. The zero-order valence-electron chi connectivity index (χ0n) is 14.1. The van der Waals surface area contributed by atoms with Crippen LogP contribution in [0, 0.1) is 12.8 Å². The van der Waals surface area contributed by atoms with Gasteiger partial charge in [-0.05, 0) is 62.3 Å². The summed E-state index contributed by atoms with van der Waals surface area (Å²) in [5.41, 5.74) is 4.29. The van der Waals surface area contributed by atoms with Crippen molar-refractivity contribution in [2.24, 2.45) is 5.92 Å². The van der Waals surface area contributed by atoms with E-state index in [1.807, 2.05) is 0 Å². The molecular weight excluding hydrogens is 256 g/mol. The molecule has 1 fully saturated rings. The van der Waals surface area contributed by atoms with E-state index in [9.17, 15) is 0 Å². The monoisotopic (exact) mass is 288 g/mol. The zero-order chi connectivity index (χ0) is 15.1. The van der Waals surface area contributed by atoms with E-state index in [-0.39, 0.29) is 0 Å². The van der Waals surface area contributed by atoms with Crippen molar-refractivity contribution in [3.8, 4) is 0 Å². The molecule has 1 heterocycles. The number of anilines is 1. The summed E-state index contributed by atoms with van der Waals surface area (Å²) in [4.78, 5) is 2.61. The minimum Gasteiger partial charge on any atom is -0.371 e. The molecule has 1 aliphatic heterocycles. The predicted octanol–water partition coefficient (Wildman–Crippen LogP) is 4.51. The number of aryl methyl sites for hydroxylation is 1. The fraction of sp³-hybridized carbons (Fsp3) is 0.684. The van der Waals surface area contributed by atoms with Crippen LogP contribution >= 0.6 is 0 Å². The van der Waals surface area contributed by atoms with Gasteiger partial charge in [0, 0.05) is 25.3 Å². The van der Waals surface area contributed by atoms with Crippen LogP contribution in [-0.2, 0) is 6.54 Å². The van der Waals surface area contributed by atoms with E-state index in [1.165, 1.54) is 62.0 Å². The fourth-order valence-electron chi connectivity index (χ4n) is 3.41. The largest absolute Gasteiger partial charge is 0.371 e. The van der Waals surface area contributed by atoms with Gasteiger partial charge in [-0.2, -0.15) is 0 Å². The second-order valence-corrected chi connectivity index (χ2v) is 6.49. The lowest BCUT2D eigenvalue weighted by Gasteiger charge is -2.25. The van der Waals surface area contributed by atoms with Crippen LogP contribution in [0.2, 0.25) is 0 Å². The molecule has 1 saturated heterocycles. The highest BCUT2D eigenvalue weighted by atomic mass is 15.1. The summed E-state index contributed by atoms with van der Waals surface area (Å²) < 4.78 is 0. The van der Waals surface area contributed by atoms with Crippen molar-refractivity contribution < 1.29 is 0 Å². The summed E-state index contributed by atoms with van der Waals surface area (Å²) in [6, 6.07) is 7.00. The van der Waals surface area contributed by atoms with Gasteiger partial charge in [-0.3, -0.25) is 0 Å². The van der Waals surface area contributed by atoms with E-state index < -0.39 is 0 Å². The molecule has 118 valence electrons. The van der Waals surface area contributed by atoms with Crippen LogP contribution in [0.3, 0.4) is 0 Å². The molecule has 2 heteroatoms. The highest BCUT2D eigenvalue weighted by Crippen LogP contribution is 2.27. The average Bonchev–Trinajstić information content (AvgIpc) is 2.73. The van der Waals surface area contributed by atoms with Gasteiger partial charge >= 0.3 is 0 Å². The highest BCUT2D eigenvalue weighted by molar-refractivity contribution is 5.54. The SMILES string of the molecule is CCCNCc1ccc(N2CCCC(CC)CC2)c(C)c1. The topological polar surface area (TPSA) is 15.3 Å². The van der Waals surface area contributed by atoms with Crippen LogP contribution in [0.4, 0.5) is 5.69 Å². The first-order valence-electron chi connectivity index (χ1n) is 8.79. The lowest BCUT2D eigenvalue weighted by Crippen LogP contribution is -2.25. The Morgan fingerprint density at radius 3 is 2.76 bits per heavy atom. The Hall–Kier alpha value is -1.02. The van der Waals surface area contributed by atoms with Crippen LogP contribution in [-0.4, -0.2) is 19.6 Å². The van der Waals surface area contributed by atoms with Crippen molar-refractivity contribution in [1.82, 2.24) is 5.32 Å². The number of benzene rings is 1. The Kier molecular flexibility index (Phi) is 6.56. The zero-order valence-corrected chi connectivity index (χ0v) is 14.1. The van der Waals surface area contributed by atoms with Gasteiger partial charge in [0.15, 0.2) is 0 Å². The summed E-state index contributed by atoms with van der Waals surface area (Å²) in [6.07, 6.45) is 6.65. The smallest absolute Gasteiger partial charge is 0.0396 e. The molecule has 1 atom stereocenters. The van der Waals surface area contributed by atoms with Gasteiger partial charge in [-0.15, -0.1) is 0 Å². The van der Waals surface area contributed by atoms with Crippen molar-refractivity contribution in [2.45, 2.75) is 59.4 Å². The summed E-state index contributed by atoms with van der Waals surface area (Å²) in [7, 11) is 0.